The van der Waals surface area contributed by atoms with Gasteiger partial charge in [-0.25, -0.2) is 4.79 Å². The van der Waals surface area contributed by atoms with Gasteiger partial charge in [-0.3, -0.25) is 15.0 Å². The van der Waals surface area contributed by atoms with Crippen LogP contribution in [0, 0.1) is 16.0 Å². The molecule has 2 aliphatic rings. The molecule has 0 heterocycles. The number of hydrogen-bond donors (Lipinski definition) is 1. The van der Waals surface area contributed by atoms with Crippen molar-refractivity contribution in [2.24, 2.45) is 5.92 Å². The second-order valence-corrected chi connectivity index (χ2v) is 10.1. The molecule has 2 aromatic rings. The maximum absolute atomic E-state index is 13.4. The first-order valence-corrected chi connectivity index (χ1v) is 12.8. The molecule has 2 aromatic carbocycles. The Morgan fingerprint density at radius 2 is 1.73 bits per heavy atom. The van der Waals surface area contributed by atoms with Crippen LogP contribution in [-0.4, -0.2) is 34.1 Å². The van der Waals surface area contributed by atoms with Crippen LogP contribution in [-0.2, 0) is 32.1 Å². The van der Waals surface area contributed by atoms with Crippen LogP contribution in [0.3, 0.4) is 0 Å². The van der Waals surface area contributed by atoms with E-state index >= 15 is 0 Å². The minimum atomic E-state index is -4.79. The van der Waals surface area contributed by atoms with Gasteiger partial charge in [-0.1, -0.05) is 18.9 Å². The second-order valence-electron chi connectivity index (χ2n) is 10.1. The highest BCUT2D eigenvalue weighted by atomic mass is 19.4. The van der Waals surface area contributed by atoms with Crippen molar-refractivity contribution in [2.75, 3.05) is 18.0 Å². The zero-order valence-corrected chi connectivity index (χ0v) is 20.9. The summed E-state index contributed by atoms with van der Waals surface area (Å²) in [5.41, 5.74) is 2.25. The first kappa shape index (κ1) is 26.8. The molecule has 0 atom stereocenters. The molecule has 1 fully saturated rings. The minimum Gasteiger partial charge on any atom is -0.465 e. The van der Waals surface area contributed by atoms with E-state index < -0.39 is 35.0 Å². The van der Waals surface area contributed by atoms with Crippen molar-refractivity contribution in [3.05, 3.63) is 68.3 Å². The number of hydrogen-bond acceptors (Lipinski definition) is 4. The summed E-state index contributed by atoms with van der Waals surface area (Å²) in [4.78, 5) is 25.9. The maximum atomic E-state index is 13.4. The van der Waals surface area contributed by atoms with Gasteiger partial charge in [0.2, 0.25) is 0 Å². The predicted octanol–water partition coefficient (Wildman–Crippen LogP) is 6.80. The van der Waals surface area contributed by atoms with Gasteiger partial charge in [-0.05, 0) is 79.3 Å². The molecule has 200 valence electrons. The molecule has 0 radical (unpaired) electrons. The van der Waals surface area contributed by atoms with Crippen LogP contribution in [0.5, 0.6) is 0 Å². The van der Waals surface area contributed by atoms with Gasteiger partial charge in [-0.15, -0.1) is 0 Å². The molecule has 1 amide bonds. The molecule has 1 saturated carbocycles. The summed E-state index contributed by atoms with van der Waals surface area (Å²) in [5.74, 6) is 0.585. The van der Waals surface area contributed by atoms with E-state index in [0.717, 1.165) is 60.6 Å². The molecule has 0 bridgehead atoms. The van der Waals surface area contributed by atoms with Crippen LogP contribution in [0.2, 0.25) is 0 Å². The van der Waals surface area contributed by atoms with Crippen LogP contribution < -0.4 is 4.90 Å². The molecule has 0 aliphatic heterocycles. The summed E-state index contributed by atoms with van der Waals surface area (Å²) in [6, 6.07) is 6.46. The number of alkyl halides is 3. The zero-order chi connectivity index (χ0) is 26.7. The number of nitro groups is 1. The number of nitro benzene ring substituents is 1. The van der Waals surface area contributed by atoms with Crippen molar-refractivity contribution in [3.8, 4) is 0 Å². The van der Waals surface area contributed by atoms with Crippen molar-refractivity contribution in [3.63, 3.8) is 0 Å². The lowest BCUT2D eigenvalue weighted by Gasteiger charge is -2.31. The van der Waals surface area contributed by atoms with Gasteiger partial charge >= 0.3 is 12.3 Å². The number of carbonyl (C=O) groups is 1. The lowest BCUT2D eigenvalue weighted by atomic mass is 10.0. The number of benzene rings is 2. The van der Waals surface area contributed by atoms with Crippen molar-refractivity contribution in [2.45, 2.75) is 71.1 Å². The Labute approximate surface area is 214 Å². The van der Waals surface area contributed by atoms with Gasteiger partial charge in [0, 0.05) is 37.5 Å². The summed E-state index contributed by atoms with van der Waals surface area (Å²) >= 11 is 0. The number of non-ortho nitro benzene ring substituents is 1. The Kier molecular flexibility index (Phi) is 7.94. The summed E-state index contributed by atoms with van der Waals surface area (Å²) in [7, 11) is 0. The Bertz CT molecular complexity index is 1160. The van der Waals surface area contributed by atoms with E-state index in [1.165, 1.54) is 36.8 Å². The molecule has 0 saturated heterocycles. The van der Waals surface area contributed by atoms with Crippen LogP contribution in [0.4, 0.5) is 29.3 Å². The highest BCUT2D eigenvalue weighted by molar-refractivity contribution is 5.67. The summed E-state index contributed by atoms with van der Waals surface area (Å²) in [5, 5.41) is 21.2. The van der Waals surface area contributed by atoms with Gasteiger partial charge in [0.25, 0.3) is 5.69 Å². The Hall–Kier alpha value is -3.30. The topological polar surface area (TPSA) is 86.9 Å². The molecule has 1 N–H and O–H groups in total. The molecule has 0 aromatic heterocycles. The van der Waals surface area contributed by atoms with Crippen molar-refractivity contribution >= 4 is 17.5 Å². The number of amides is 1. The van der Waals surface area contributed by atoms with Crippen LogP contribution in [0.1, 0.15) is 66.8 Å². The molecule has 7 nitrogen and oxygen atoms in total. The van der Waals surface area contributed by atoms with Crippen molar-refractivity contribution in [1.29, 1.82) is 0 Å². The quantitative estimate of drug-likeness (QED) is 0.291. The first-order chi connectivity index (χ1) is 17.5. The first-order valence-electron chi connectivity index (χ1n) is 12.8. The van der Waals surface area contributed by atoms with Gasteiger partial charge < -0.3 is 10.0 Å². The molecule has 4 rings (SSSR count). The van der Waals surface area contributed by atoms with Gasteiger partial charge in [0.05, 0.1) is 17.0 Å². The highest BCUT2D eigenvalue weighted by Crippen LogP contribution is 2.36. The number of nitrogens with zero attached hydrogens (tertiary/aromatic N) is 3. The highest BCUT2D eigenvalue weighted by Gasteiger charge is 2.33. The normalized spacial score (nSPS) is 15.6. The summed E-state index contributed by atoms with van der Waals surface area (Å²) in [6.45, 7) is 3.29. The monoisotopic (exact) mass is 519 g/mol. The zero-order valence-electron chi connectivity index (χ0n) is 20.9. The van der Waals surface area contributed by atoms with E-state index in [2.05, 4.69) is 17.9 Å². The predicted molar refractivity (Wildman–Crippen MR) is 134 cm³/mol. The molecule has 0 spiro atoms. The Morgan fingerprint density at radius 3 is 2.32 bits per heavy atom. The third-order valence-electron chi connectivity index (χ3n) is 7.49. The molecule has 2 aliphatic carbocycles. The average Bonchev–Trinajstić information content (AvgIpc) is 3.52. The van der Waals surface area contributed by atoms with Gasteiger partial charge in [0.15, 0.2) is 0 Å². The minimum absolute atomic E-state index is 0.0246. The standard InChI is InChI=1S/C27H32F3N3O4/c1-2-31(15-18-6-3-4-7-18)25-13-21-9-5-8-20(21)12-22(25)17-32(26(34)35)16-19-10-23(27(28,29)30)14-24(11-19)33(36)37/h10-14,18H,2-9,15-17H2,1H3,(H,34,35). The molecular formula is C27H32F3N3O4. The number of anilines is 1. The van der Waals surface area contributed by atoms with E-state index in [4.69, 9.17) is 0 Å². The lowest BCUT2D eigenvalue weighted by molar-refractivity contribution is -0.385. The van der Waals surface area contributed by atoms with E-state index in [1.807, 2.05) is 6.07 Å². The number of fused-ring (bicyclic) bond motifs is 1. The van der Waals surface area contributed by atoms with Crippen molar-refractivity contribution < 1.29 is 28.0 Å². The second kappa shape index (κ2) is 11.0. The van der Waals surface area contributed by atoms with Gasteiger partial charge in [-0.2, -0.15) is 13.2 Å². The molecule has 37 heavy (non-hydrogen) atoms. The fourth-order valence-corrected chi connectivity index (χ4v) is 5.64. The van der Waals surface area contributed by atoms with E-state index in [1.54, 1.807) is 0 Å². The molecule has 0 unspecified atom stereocenters. The van der Waals surface area contributed by atoms with Crippen molar-refractivity contribution in [1.82, 2.24) is 4.90 Å². The number of rotatable bonds is 9. The lowest BCUT2D eigenvalue weighted by Crippen LogP contribution is -2.32. The Morgan fingerprint density at radius 1 is 1.05 bits per heavy atom. The molecule has 10 heteroatoms. The fraction of sp³-hybridized carbons (Fsp3) is 0.519. The average molecular weight is 520 g/mol. The number of halogens is 3. The van der Waals surface area contributed by atoms with Crippen LogP contribution in [0.15, 0.2) is 30.3 Å². The van der Waals surface area contributed by atoms with E-state index in [9.17, 15) is 33.2 Å². The van der Waals surface area contributed by atoms with E-state index in [0.29, 0.717) is 12.0 Å². The largest absolute Gasteiger partial charge is 0.465 e. The maximum Gasteiger partial charge on any atom is 0.416 e. The fourth-order valence-electron chi connectivity index (χ4n) is 5.64. The number of aryl methyl sites for hydroxylation is 2. The molecular weight excluding hydrogens is 487 g/mol. The summed E-state index contributed by atoms with van der Waals surface area (Å²) in [6.07, 6.45) is 1.60. The summed E-state index contributed by atoms with van der Waals surface area (Å²) < 4.78 is 40.1. The van der Waals surface area contributed by atoms with E-state index in [-0.39, 0.29) is 12.1 Å². The van der Waals surface area contributed by atoms with Crippen LogP contribution in [0.25, 0.3) is 0 Å². The smallest absolute Gasteiger partial charge is 0.416 e. The van der Waals surface area contributed by atoms with Crippen LogP contribution >= 0.6 is 0 Å². The number of carboxylic acid groups (broad SMARTS) is 1. The third-order valence-corrected chi connectivity index (χ3v) is 7.49. The SMILES string of the molecule is CCN(CC1CCCC1)c1cc2c(cc1CN(Cc1cc([N+](=O)[O-])cc(C(F)(F)F)c1)C(=O)O)CCC2. The Balaban J connectivity index is 1.66. The van der Waals surface area contributed by atoms with Gasteiger partial charge in [0.1, 0.15) is 0 Å². The third kappa shape index (κ3) is 6.34.